The lowest BCUT2D eigenvalue weighted by molar-refractivity contribution is -0.134. The third kappa shape index (κ3) is 11.8. The molecule has 21 nitrogen and oxygen atoms in total. The first-order valence-corrected chi connectivity index (χ1v) is 14.5. The molecule has 2 aliphatic rings. The summed E-state index contributed by atoms with van der Waals surface area (Å²) in [5.41, 5.74) is 27.5. The fourth-order valence-electron chi connectivity index (χ4n) is 4.37. The third-order valence-electron chi connectivity index (χ3n) is 6.87. The van der Waals surface area contributed by atoms with Crippen molar-refractivity contribution in [2.45, 2.75) is 68.9 Å². The predicted octanol–water partition coefficient (Wildman–Crippen LogP) is -7.21. The minimum atomic E-state index is -1.41. The maximum absolute atomic E-state index is 13.5. The summed E-state index contributed by atoms with van der Waals surface area (Å²) in [6, 6.07) is -7.89. The lowest BCUT2D eigenvalue weighted by Crippen LogP contribution is -2.64. The Balaban J connectivity index is 2.47. The molecule has 2 aliphatic heterocycles. The van der Waals surface area contributed by atoms with Gasteiger partial charge >= 0.3 is 6.03 Å². The second-order valence-electron chi connectivity index (χ2n) is 10.6. The zero-order valence-corrected chi connectivity index (χ0v) is 25.4. The number of nitrogens with zero attached hydrogens (tertiary/aromatic N) is 1. The molecule has 0 bridgehead atoms. The van der Waals surface area contributed by atoms with Crippen LogP contribution in [-0.4, -0.2) is 110 Å². The van der Waals surface area contributed by atoms with E-state index in [4.69, 9.17) is 28.7 Å². The molecule has 21 heteroatoms. The predicted molar refractivity (Wildman–Crippen MR) is 163 cm³/mol. The van der Waals surface area contributed by atoms with Gasteiger partial charge in [0.1, 0.15) is 29.9 Å². The fraction of sp³-hybridized carbons (Fsp3) is 0.600. The van der Waals surface area contributed by atoms with Crippen LogP contribution in [0.25, 0.3) is 0 Å². The number of primary amides is 1. The van der Waals surface area contributed by atoms with Gasteiger partial charge in [0.2, 0.25) is 29.5 Å². The Labute approximate surface area is 264 Å². The van der Waals surface area contributed by atoms with Crippen molar-refractivity contribution in [2.24, 2.45) is 33.7 Å². The van der Waals surface area contributed by atoms with Crippen molar-refractivity contribution >= 4 is 47.4 Å². The van der Waals surface area contributed by atoms with Crippen LogP contribution in [0.15, 0.2) is 16.9 Å². The standard InChI is InChI=1S/C25H44N14O7/c1-11-19(41)36-14(8-27)20(42)37-16(10-33-25(30)46)22(44)39-18(13-4-6-31-24(29)38-13)23(45)32-9-15(21(43)34-11)35-17(40)7-12(28)3-2-5-26/h10-15,18H,2-9,26-28H2,1H3,(H,32,45)(H,34,43)(H,35,40)(H,36,41)(H,37,42)(H,39,44)(H3,29,31,38)(H3,30,33,46)/t11-,12-,13?,14-,15-,18-/m0/s1. The van der Waals surface area contributed by atoms with Crippen LogP contribution in [0.5, 0.6) is 0 Å². The molecule has 1 saturated heterocycles. The van der Waals surface area contributed by atoms with Gasteiger partial charge < -0.3 is 71.2 Å². The molecule has 2 rings (SSSR count). The molecule has 0 aromatic carbocycles. The lowest BCUT2D eigenvalue weighted by Gasteiger charge is -2.31. The molecule has 0 spiro atoms. The van der Waals surface area contributed by atoms with Gasteiger partial charge in [0.15, 0.2) is 5.96 Å². The van der Waals surface area contributed by atoms with Crippen LogP contribution in [0.4, 0.5) is 4.79 Å². The van der Waals surface area contributed by atoms with E-state index in [1.165, 1.54) is 6.92 Å². The summed E-state index contributed by atoms with van der Waals surface area (Å²) in [5, 5.41) is 19.4. The average molecular weight is 653 g/mol. The molecule has 0 aliphatic carbocycles. The van der Waals surface area contributed by atoms with Crippen LogP contribution in [0.1, 0.15) is 32.6 Å². The van der Waals surface area contributed by atoms with E-state index >= 15 is 0 Å². The van der Waals surface area contributed by atoms with Gasteiger partial charge in [0.05, 0.1) is 6.04 Å². The van der Waals surface area contributed by atoms with Crippen molar-refractivity contribution in [1.29, 1.82) is 0 Å². The smallest absolute Gasteiger partial charge is 0.316 e. The number of nitrogens with two attached hydrogens (primary N) is 5. The Bertz CT molecular complexity index is 1230. The highest BCUT2D eigenvalue weighted by Gasteiger charge is 2.35. The maximum atomic E-state index is 13.5. The Morgan fingerprint density at radius 3 is 2.37 bits per heavy atom. The van der Waals surface area contributed by atoms with Gasteiger partial charge in [0.25, 0.3) is 5.91 Å². The number of hydrogen-bond acceptors (Lipinski definition) is 13. The second kappa shape index (κ2) is 18.1. The molecule has 1 fully saturated rings. The topological polar surface area (TPSA) is 358 Å². The Kier molecular flexibility index (Phi) is 14.6. The van der Waals surface area contributed by atoms with E-state index in [0.717, 1.165) is 6.20 Å². The molecular formula is C25H44N14O7. The summed E-state index contributed by atoms with van der Waals surface area (Å²) in [7, 11) is 0. The van der Waals surface area contributed by atoms with Crippen molar-refractivity contribution < 1.29 is 33.6 Å². The Morgan fingerprint density at radius 1 is 1.02 bits per heavy atom. The van der Waals surface area contributed by atoms with Crippen molar-refractivity contribution in [3.05, 3.63) is 11.9 Å². The van der Waals surface area contributed by atoms with Gasteiger partial charge in [-0.05, 0) is 32.7 Å². The summed E-state index contributed by atoms with van der Waals surface area (Å²) in [6.07, 6.45) is 1.90. The van der Waals surface area contributed by atoms with Crippen LogP contribution < -0.4 is 71.2 Å². The van der Waals surface area contributed by atoms with Gasteiger partial charge in [-0.15, -0.1) is 0 Å². The van der Waals surface area contributed by atoms with Crippen LogP contribution in [-0.2, 0) is 28.8 Å². The third-order valence-corrected chi connectivity index (χ3v) is 6.87. The number of urea groups is 1. The average Bonchev–Trinajstić information content (AvgIpc) is 3.00. The van der Waals surface area contributed by atoms with Crippen LogP contribution in [0, 0.1) is 0 Å². The fourth-order valence-corrected chi connectivity index (χ4v) is 4.37. The van der Waals surface area contributed by atoms with E-state index in [2.05, 4.69) is 47.5 Å². The molecule has 0 aromatic heterocycles. The Morgan fingerprint density at radius 2 is 1.74 bits per heavy atom. The first-order valence-electron chi connectivity index (χ1n) is 14.5. The van der Waals surface area contributed by atoms with E-state index in [1.807, 2.05) is 0 Å². The largest absolute Gasteiger partial charge is 0.370 e. The molecule has 256 valence electrons. The molecule has 2 heterocycles. The molecule has 0 saturated carbocycles. The molecule has 46 heavy (non-hydrogen) atoms. The first kappa shape index (κ1) is 37.2. The number of carbonyl (C=O) groups is 7. The van der Waals surface area contributed by atoms with Crippen LogP contribution in [0.2, 0.25) is 0 Å². The number of amides is 8. The number of rotatable bonds is 9. The van der Waals surface area contributed by atoms with Gasteiger partial charge in [-0.25, -0.2) is 4.79 Å². The highest BCUT2D eigenvalue weighted by molar-refractivity contribution is 6.02. The molecule has 8 amide bonds. The van der Waals surface area contributed by atoms with Gasteiger partial charge in [-0.2, -0.15) is 0 Å². The highest BCUT2D eigenvalue weighted by Crippen LogP contribution is 2.07. The van der Waals surface area contributed by atoms with Gasteiger partial charge in [0, 0.05) is 38.3 Å². The quantitative estimate of drug-likeness (QED) is 0.103. The van der Waals surface area contributed by atoms with Crippen LogP contribution in [0.3, 0.4) is 0 Å². The van der Waals surface area contributed by atoms with Crippen molar-refractivity contribution in [3.8, 4) is 0 Å². The van der Waals surface area contributed by atoms with E-state index < -0.39 is 96.5 Å². The van der Waals surface area contributed by atoms with Crippen molar-refractivity contribution in [2.75, 3.05) is 26.2 Å². The molecule has 18 N–H and O–H groups in total. The molecular weight excluding hydrogens is 608 g/mol. The molecule has 0 radical (unpaired) electrons. The SMILES string of the molecule is C[C@@H]1NC(=O)[C@@H](NC(=O)C[C@@H](N)CCCN)CNC(=O)[C@H](C2CCN=C(N)N2)NC(=O)C(=CNC(N)=O)NC(=O)[C@H](CN)NC1=O. The molecule has 0 aromatic rings. The normalized spacial score (nSPS) is 26.6. The number of nitrogens with one attached hydrogen (secondary N) is 8. The van der Waals surface area contributed by atoms with Gasteiger partial charge in [-0.1, -0.05) is 0 Å². The first-order chi connectivity index (χ1) is 21.7. The summed E-state index contributed by atoms with van der Waals surface area (Å²) in [5.74, 6) is -5.14. The zero-order chi connectivity index (χ0) is 34.4. The van der Waals surface area contributed by atoms with Crippen molar-refractivity contribution in [1.82, 2.24) is 42.5 Å². The van der Waals surface area contributed by atoms with E-state index in [0.29, 0.717) is 19.4 Å². The lowest BCUT2D eigenvalue weighted by atomic mass is 10.0. The monoisotopic (exact) mass is 652 g/mol. The molecule has 6 atom stereocenters. The zero-order valence-electron chi connectivity index (χ0n) is 25.4. The highest BCUT2D eigenvalue weighted by atomic mass is 16.2. The van der Waals surface area contributed by atoms with Gasteiger partial charge in [-0.3, -0.25) is 33.8 Å². The summed E-state index contributed by atoms with van der Waals surface area (Å²) < 4.78 is 0. The summed E-state index contributed by atoms with van der Waals surface area (Å²) in [6.45, 7) is 0.985. The minimum absolute atomic E-state index is 0.00378. The second-order valence-corrected chi connectivity index (χ2v) is 10.6. The van der Waals surface area contributed by atoms with E-state index in [-0.39, 0.29) is 25.3 Å². The minimum Gasteiger partial charge on any atom is -0.370 e. The summed E-state index contributed by atoms with van der Waals surface area (Å²) in [4.78, 5) is 94.2. The van der Waals surface area contributed by atoms with E-state index in [1.54, 1.807) is 0 Å². The van der Waals surface area contributed by atoms with Crippen LogP contribution >= 0.6 is 0 Å². The number of guanidine groups is 1. The number of carbonyl (C=O) groups excluding carboxylic acids is 7. The summed E-state index contributed by atoms with van der Waals surface area (Å²) >= 11 is 0. The van der Waals surface area contributed by atoms with E-state index in [9.17, 15) is 33.6 Å². The Hall–Kier alpha value is -5.02. The molecule has 1 unspecified atom stereocenters. The maximum Gasteiger partial charge on any atom is 0.316 e. The van der Waals surface area contributed by atoms with Crippen molar-refractivity contribution in [3.63, 3.8) is 0 Å². The number of aliphatic imine (C=N–C) groups is 1. The number of hydrogen-bond donors (Lipinski definition) is 13.